The Morgan fingerprint density at radius 2 is 1.02 bits per heavy atom. The predicted octanol–water partition coefficient (Wildman–Crippen LogP) is 10.7. The number of aliphatic hydroxyl groups is 2. The molecule has 0 saturated heterocycles. The fourth-order valence-corrected chi connectivity index (χ4v) is 6.25. The minimum atomic E-state index is -4.51. The smallest absolute Gasteiger partial charge is 0.457 e. The number of phosphoric ester groups is 1. The molecule has 0 heterocycles. The minimum Gasteiger partial charge on any atom is -0.457 e. The lowest BCUT2D eigenvalue weighted by molar-refractivity contribution is -0.154. The highest BCUT2D eigenvalue weighted by Crippen LogP contribution is 2.43. The summed E-state index contributed by atoms with van der Waals surface area (Å²) >= 11 is 0. The van der Waals surface area contributed by atoms with Crippen molar-refractivity contribution in [1.82, 2.24) is 0 Å². The highest BCUT2D eigenvalue weighted by molar-refractivity contribution is 7.47. The zero-order valence-corrected chi connectivity index (χ0v) is 33.0. The minimum absolute atomic E-state index is 0.0439. The van der Waals surface area contributed by atoms with Crippen LogP contribution in [0.2, 0.25) is 0 Å². The number of aliphatic hydroxyl groups excluding tert-OH is 2. The van der Waals surface area contributed by atoms with Gasteiger partial charge in [0.15, 0.2) is 0 Å². The molecule has 50 heavy (non-hydrogen) atoms. The van der Waals surface area contributed by atoms with Crippen molar-refractivity contribution in [3.05, 3.63) is 24.3 Å². The molecule has 0 fully saturated rings. The molecule has 0 radical (unpaired) electrons. The molecule has 0 aromatic heterocycles. The van der Waals surface area contributed by atoms with Crippen LogP contribution < -0.4 is 0 Å². The van der Waals surface area contributed by atoms with Gasteiger partial charge in [0, 0.05) is 13.0 Å². The highest BCUT2D eigenvalue weighted by atomic mass is 31.2. The summed E-state index contributed by atoms with van der Waals surface area (Å²) in [4.78, 5) is 22.5. The summed E-state index contributed by atoms with van der Waals surface area (Å²) < 4.78 is 33.3. The molecule has 0 rings (SSSR count). The molecule has 0 aliphatic heterocycles. The zero-order chi connectivity index (χ0) is 36.8. The molecule has 0 bridgehead atoms. The first kappa shape index (κ1) is 48.9. The zero-order valence-electron chi connectivity index (χ0n) is 32.1. The Labute approximate surface area is 306 Å². The third-order valence-electron chi connectivity index (χ3n) is 8.61. The van der Waals surface area contributed by atoms with Crippen LogP contribution in [0.3, 0.4) is 0 Å². The van der Waals surface area contributed by atoms with E-state index in [2.05, 4.69) is 38.2 Å². The van der Waals surface area contributed by atoms with Gasteiger partial charge in [-0.2, -0.15) is 0 Å². The molecule has 0 aromatic carbocycles. The summed E-state index contributed by atoms with van der Waals surface area (Å²) in [5.41, 5.74) is 0. The number of rotatable bonds is 39. The fraction of sp³-hybridized carbons (Fsp3) is 0.875. The lowest BCUT2D eigenvalue weighted by atomic mass is 10.1. The Bertz CT molecular complexity index is 836. The molecular weight excluding hydrogens is 655 g/mol. The Hall–Kier alpha value is -1.06. The Morgan fingerprint density at radius 3 is 1.50 bits per heavy atom. The van der Waals surface area contributed by atoms with Crippen LogP contribution in [0.25, 0.3) is 0 Å². The average Bonchev–Trinajstić information content (AvgIpc) is 3.10. The molecule has 0 spiro atoms. The van der Waals surface area contributed by atoms with Gasteiger partial charge in [-0.05, 0) is 64.2 Å². The number of unbranched alkanes of at least 4 members (excludes halogenated alkanes) is 21. The normalized spacial score (nSPS) is 14.4. The summed E-state index contributed by atoms with van der Waals surface area (Å²) in [6.07, 6.45) is 37.0. The first-order valence-corrected chi connectivity index (χ1v) is 21.8. The molecule has 0 aromatic rings. The number of carbonyl (C=O) groups excluding carboxylic acids is 1. The van der Waals surface area contributed by atoms with Crippen LogP contribution in [0.15, 0.2) is 24.3 Å². The summed E-state index contributed by atoms with van der Waals surface area (Å²) in [7, 11) is -4.51. The maximum Gasteiger partial charge on any atom is 0.472 e. The van der Waals surface area contributed by atoms with Crippen LogP contribution in [0.1, 0.15) is 181 Å². The van der Waals surface area contributed by atoms with E-state index in [-0.39, 0.29) is 19.6 Å². The molecule has 0 saturated carbocycles. The summed E-state index contributed by atoms with van der Waals surface area (Å²) in [6, 6.07) is 0. The molecule has 0 aliphatic rings. The second-order valence-corrected chi connectivity index (χ2v) is 15.1. The van der Waals surface area contributed by atoms with Crippen LogP contribution in [-0.2, 0) is 27.9 Å². The van der Waals surface area contributed by atoms with Crippen LogP contribution >= 0.6 is 7.82 Å². The first-order chi connectivity index (χ1) is 24.3. The SMILES string of the molecule is CCCCCCC/C=C\CCCCCCCCOCC(COP(=O)(O)OCC(O)CO)OC(=O)CCCCCCC/C=C\CCCCCCC. The van der Waals surface area contributed by atoms with Crippen LogP contribution in [-0.4, -0.2) is 66.3 Å². The van der Waals surface area contributed by atoms with Gasteiger partial charge in [-0.25, -0.2) is 4.57 Å². The van der Waals surface area contributed by atoms with E-state index in [9.17, 15) is 19.4 Å². The van der Waals surface area contributed by atoms with Crippen molar-refractivity contribution < 1.29 is 43.0 Å². The van der Waals surface area contributed by atoms with E-state index in [1.807, 2.05) is 0 Å². The molecule has 9 nitrogen and oxygen atoms in total. The van der Waals surface area contributed by atoms with E-state index in [1.54, 1.807) is 0 Å². The maximum atomic E-state index is 12.6. The third kappa shape index (κ3) is 36.7. The molecule has 3 N–H and O–H groups in total. The first-order valence-electron chi connectivity index (χ1n) is 20.3. The van der Waals surface area contributed by atoms with Gasteiger partial charge in [0.2, 0.25) is 0 Å². The molecule has 0 amide bonds. The third-order valence-corrected chi connectivity index (χ3v) is 9.56. The van der Waals surface area contributed by atoms with Gasteiger partial charge in [0.05, 0.1) is 26.4 Å². The van der Waals surface area contributed by atoms with Crippen LogP contribution in [0, 0.1) is 0 Å². The van der Waals surface area contributed by atoms with Crippen molar-refractivity contribution in [2.24, 2.45) is 0 Å². The van der Waals surface area contributed by atoms with E-state index >= 15 is 0 Å². The van der Waals surface area contributed by atoms with Crippen molar-refractivity contribution >= 4 is 13.8 Å². The molecule has 296 valence electrons. The van der Waals surface area contributed by atoms with Crippen molar-refractivity contribution in [2.45, 2.75) is 193 Å². The van der Waals surface area contributed by atoms with Gasteiger partial charge in [0.1, 0.15) is 12.2 Å². The van der Waals surface area contributed by atoms with Crippen LogP contribution in [0.5, 0.6) is 0 Å². The van der Waals surface area contributed by atoms with Crippen LogP contribution in [0.4, 0.5) is 0 Å². The van der Waals surface area contributed by atoms with Crippen molar-refractivity contribution in [2.75, 3.05) is 33.0 Å². The van der Waals surface area contributed by atoms with E-state index in [1.165, 1.54) is 96.3 Å². The molecule has 0 aliphatic carbocycles. The van der Waals surface area contributed by atoms with E-state index in [0.717, 1.165) is 64.2 Å². The number of carbonyl (C=O) groups is 1. The maximum absolute atomic E-state index is 12.6. The van der Waals surface area contributed by atoms with Gasteiger partial charge in [0.25, 0.3) is 0 Å². The van der Waals surface area contributed by atoms with Crippen molar-refractivity contribution in [3.8, 4) is 0 Å². The van der Waals surface area contributed by atoms with E-state index < -0.39 is 39.2 Å². The van der Waals surface area contributed by atoms with Gasteiger partial charge < -0.3 is 24.6 Å². The number of hydrogen-bond donors (Lipinski definition) is 3. The number of phosphoric acid groups is 1. The predicted molar refractivity (Wildman–Crippen MR) is 205 cm³/mol. The standard InChI is InChI=1S/C40H77O9P/c1-3-5-7-9-11-13-15-17-19-21-23-25-27-29-31-33-46-36-39(37-48-50(44,45)47-35-38(42)34-41)49-40(43)32-30-28-26-24-22-20-18-16-14-12-10-8-6-4-2/h15-18,38-39,41-42H,3-14,19-37H2,1-2H3,(H,44,45)/b17-15-,18-16-. The Balaban J connectivity index is 4.22. The quantitative estimate of drug-likeness (QED) is 0.0244. The Kier molecular flexibility index (Phi) is 36.9. The summed E-state index contributed by atoms with van der Waals surface area (Å²) in [6.45, 7) is 3.48. The summed E-state index contributed by atoms with van der Waals surface area (Å²) in [5.74, 6) is -0.393. The molecular formula is C40H77O9P. The number of ether oxygens (including phenoxy) is 2. The second kappa shape index (κ2) is 37.7. The van der Waals surface area contributed by atoms with Gasteiger partial charge >= 0.3 is 13.8 Å². The largest absolute Gasteiger partial charge is 0.472 e. The van der Waals surface area contributed by atoms with E-state index in [0.29, 0.717) is 6.61 Å². The summed E-state index contributed by atoms with van der Waals surface area (Å²) in [5, 5.41) is 18.3. The Morgan fingerprint density at radius 1 is 0.600 bits per heavy atom. The van der Waals surface area contributed by atoms with Gasteiger partial charge in [-0.1, -0.05) is 134 Å². The van der Waals surface area contributed by atoms with Crippen molar-refractivity contribution in [3.63, 3.8) is 0 Å². The number of hydrogen-bond acceptors (Lipinski definition) is 8. The average molecular weight is 733 g/mol. The molecule has 3 unspecified atom stereocenters. The molecule has 10 heteroatoms. The number of esters is 1. The molecule has 3 atom stereocenters. The monoisotopic (exact) mass is 733 g/mol. The van der Waals surface area contributed by atoms with Crippen molar-refractivity contribution in [1.29, 1.82) is 0 Å². The fourth-order valence-electron chi connectivity index (χ4n) is 5.46. The lowest BCUT2D eigenvalue weighted by Gasteiger charge is -2.20. The lowest BCUT2D eigenvalue weighted by Crippen LogP contribution is -2.29. The topological polar surface area (TPSA) is 132 Å². The second-order valence-electron chi connectivity index (χ2n) is 13.6. The van der Waals surface area contributed by atoms with Gasteiger partial charge in [-0.3, -0.25) is 13.8 Å². The highest BCUT2D eigenvalue weighted by Gasteiger charge is 2.26. The van der Waals surface area contributed by atoms with E-state index in [4.69, 9.17) is 23.6 Å². The van der Waals surface area contributed by atoms with Gasteiger partial charge in [-0.15, -0.1) is 0 Å². The number of allylic oxidation sites excluding steroid dienone is 4.